The zero-order chi connectivity index (χ0) is 24.8. The molecular weight excluding hydrogens is 447 g/mol. The Kier molecular flexibility index (Phi) is 8.02. The van der Waals surface area contributed by atoms with E-state index >= 15 is 0 Å². The second kappa shape index (κ2) is 11.4. The van der Waals surface area contributed by atoms with Crippen molar-refractivity contribution in [2.45, 2.75) is 45.3 Å². The largest absolute Gasteiger partial charge is 0.494 e. The van der Waals surface area contributed by atoms with Gasteiger partial charge in [-0.25, -0.2) is 9.18 Å². The molecule has 35 heavy (non-hydrogen) atoms. The molecule has 0 amide bonds. The standard InChI is InChI=1S/C27H33FN4O3/c1-20-18-31(19-21-7-4-3-5-8-21)27(34)32(26(20)33)14-6-13-29-23-11-15-30(16-12-23)24-10-9-22(28)17-25(24)35-2/h3-5,7-10,17-18,23,29H,6,11-16,19H2,1-2H3. The highest BCUT2D eigenvalue weighted by Gasteiger charge is 2.21. The number of benzene rings is 2. The predicted octanol–water partition coefficient (Wildman–Crippen LogP) is 3.16. The first-order valence-corrected chi connectivity index (χ1v) is 12.1. The zero-order valence-corrected chi connectivity index (χ0v) is 20.4. The van der Waals surface area contributed by atoms with Crippen LogP contribution in [0.5, 0.6) is 5.75 Å². The van der Waals surface area contributed by atoms with Gasteiger partial charge in [-0.1, -0.05) is 30.3 Å². The van der Waals surface area contributed by atoms with E-state index in [4.69, 9.17) is 4.74 Å². The molecule has 8 heteroatoms. The van der Waals surface area contributed by atoms with Crippen LogP contribution in [0.25, 0.3) is 0 Å². The Morgan fingerprint density at radius 3 is 2.54 bits per heavy atom. The van der Waals surface area contributed by atoms with Gasteiger partial charge < -0.3 is 15.0 Å². The molecule has 3 aromatic rings. The highest BCUT2D eigenvalue weighted by Crippen LogP contribution is 2.31. The molecule has 0 bridgehead atoms. The highest BCUT2D eigenvalue weighted by molar-refractivity contribution is 5.58. The first-order valence-electron chi connectivity index (χ1n) is 12.1. The lowest BCUT2D eigenvalue weighted by Gasteiger charge is -2.34. The van der Waals surface area contributed by atoms with Gasteiger partial charge in [0.2, 0.25) is 0 Å². The number of nitrogens with one attached hydrogen (secondary N) is 1. The Bertz CT molecular complexity index is 1250. The van der Waals surface area contributed by atoms with Crippen LogP contribution < -0.4 is 26.2 Å². The second-order valence-electron chi connectivity index (χ2n) is 9.05. The molecule has 7 nitrogen and oxygen atoms in total. The van der Waals surface area contributed by atoms with Crippen LogP contribution in [0.4, 0.5) is 10.1 Å². The Morgan fingerprint density at radius 2 is 1.83 bits per heavy atom. The molecule has 1 fully saturated rings. The van der Waals surface area contributed by atoms with Gasteiger partial charge in [0.25, 0.3) is 5.56 Å². The fourth-order valence-electron chi connectivity index (χ4n) is 4.67. The van der Waals surface area contributed by atoms with Gasteiger partial charge >= 0.3 is 5.69 Å². The summed E-state index contributed by atoms with van der Waals surface area (Å²) < 4.78 is 21.8. The van der Waals surface area contributed by atoms with Crippen LogP contribution in [0.1, 0.15) is 30.4 Å². The maximum Gasteiger partial charge on any atom is 0.331 e. The van der Waals surface area contributed by atoms with E-state index < -0.39 is 0 Å². The molecule has 1 N–H and O–H groups in total. The lowest BCUT2D eigenvalue weighted by molar-refractivity contribution is 0.391. The zero-order valence-electron chi connectivity index (χ0n) is 20.4. The lowest BCUT2D eigenvalue weighted by atomic mass is 10.0. The number of methoxy groups -OCH3 is 1. The van der Waals surface area contributed by atoms with Crippen LogP contribution in [-0.2, 0) is 13.1 Å². The van der Waals surface area contributed by atoms with Crippen LogP contribution in [0.3, 0.4) is 0 Å². The minimum absolute atomic E-state index is 0.221. The van der Waals surface area contributed by atoms with Crippen molar-refractivity contribution in [3.63, 3.8) is 0 Å². The Morgan fingerprint density at radius 1 is 1.09 bits per heavy atom. The number of aromatic nitrogens is 2. The molecule has 0 unspecified atom stereocenters. The monoisotopic (exact) mass is 480 g/mol. The number of piperidine rings is 1. The number of nitrogens with zero attached hydrogens (tertiary/aromatic N) is 3. The van der Waals surface area contributed by atoms with Gasteiger partial charge in [0.15, 0.2) is 0 Å². The van der Waals surface area contributed by atoms with Crippen LogP contribution in [0.2, 0.25) is 0 Å². The maximum absolute atomic E-state index is 13.5. The van der Waals surface area contributed by atoms with Crippen LogP contribution >= 0.6 is 0 Å². The lowest BCUT2D eigenvalue weighted by Crippen LogP contribution is -2.44. The molecule has 0 aliphatic carbocycles. The normalized spacial score (nSPS) is 14.3. The number of hydrogen-bond donors (Lipinski definition) is 1. The van der Waals surface area contributed by atoms with E-state index in [1.165, 1.54) is 16.7 Å². The molecule has 2 heterocycles. The Balaban J connectivity index is 1.30. The molecule has 0 atom stereocenters. The Hall–Kier alpha value is -3.39. The minimum Gasteiger partial charge on any atom is -0.494 e. The summed E-state index contributed by atoms with van der Waals surface area (Å²) in [5, 5.41) is 3.57. The van der Waals surface area contributed by atoms with Crippen molar-refractivity contribution in [3.8, 4) is 5.75 Å². The number of halogens is 1. The van der Waals surface area contributed by atoms with Crippen molar-refractivity contribution in [2.24, 2.45) is 0 Å². The molecule has 2 aromatic carbocycles. The smallest absolute Gasteiger partial charge is 0.331 e. The first-order chi connectivity index (χ1) is 17.0. The van der Waals surface area contributed by atoms with Crippen molar-refractivity contribution in [1.29, 1.82) is 0 Å². The number of anilines is 1. The molecule has 4 rings (SSSR count). The number of hydrogen-bond acceptors (Lipinski definition) is 5. The highest BCUT2D eigenvalue weighted by atomic mass is 19.1. The molecule has 0 spiro atoms. The van der Waals surface area contributed by atoms with E-state index in [0.717, 1.165) is 43.7 Å². The number of aryl methyl sites for hydroxylation is 1. The third-order valence-electron chi connectivity index (χ3n) is 6.57. The van der Waals surface area contributed by atoms with Crippen molar-refractivity contribution in [2.75, 3.05) is 31.6 Å². The average molecular weight is 481 g/mol. The number of ether oxygens (including phenoxy) is 1. The SMILES string of the molecule is COc1cc(F)ccc1N1CCC(NCCCn2c(=O)c(C)cn(Cc3ccccc3)c2=O)CC1. The van der Waals surface area contributed by atoms with Crippen molar-refractivity contribution >= 4 is 5.69 Å². The summed E-state index contributed by atoms with van der Waals surface area (Å²) in [4.78, 5) is 27.8. The van der Waals surface area contributed by atoms with Crippen molar-refractivity contribution < 1.29 is 9.13 Å². The quantitative estimate of drug-likeness (QED) is 0.477. The van der Waals surface area contributed by atoms with Crippen molar-refractivity contribution in [3.05, 3.63) is 92.5 Å². The molecule has 0 saturated carbocycles. The van der Waals surface area contributed by atoms with E-state index in [1.54, 1.807) is 30.9 Å². The molecule has 1 aliphatic rings. The number of rotatable bonds is 9. The molecule has 1 aliphatic heterocycles. The summed E-state index contributed by atoms with van der Waals surface area (Å²) in [6.45, 7) is 5.00. The first kappa shape index (κ1) is 24.7. The van der Waals surface area contributed by atoms with Gasteiger partial charge in [0.1, 0.15) is 11.6 Å². The fourth-order valence-corrected chi connectivity index (χ4v) is 4.67. The molecule has 0 radical (unpaired) electrons. The van der Waals surface area contributed by atoms with Gasteiger partial charge in [-0.3, -0.25) is 13.9 Å². The summed E-state index contributed by atoms with van der Waals surface area (Å²) in [6, 6.07) is 14.8. The van der Waals surface area contributed by atoms with E-state index in [2.05, 4.69) is 10.2 Å². The van der Waals surface area contributed by atoms with Gasteiger partial charge in [0.05, 0.1) is 19.3 Å². The topological polar surface area (TPSA) is 68.5 Å². The van der Waals surface area contributed by atoms with Crippen LogP contribution in [0.15, 0.2) is 64.3 Å². The summed E-state index contributed by atoms with van der Waals surface area (Å²) in [5.74, 6) is 0.250. The van der Waals surface area contributed by atoms with Gasteiger partial charge in [-0.05, 0) is 50.4 Å². The molecule has 1 saturated heterocycles. The predicted molar refractivity (Wildman–Crippen MR) is 136 cm³/mol. The van der Waals surface area contributed by atoms with Gasteiger partial charge in [0, 0.05) is 43.5 Å². The summed E-state index contributed by atoms with van der Waals surface area (Å²) in [6.07, 6.45) is 4.25. The third kappa shape index (κ3) is 6.00. The fraction of sp³-hybridized carbons (Fsp3) is 0.407. The summed E-state index contributed by atoms with van der Waals surface area (Å²) in [5.41, 5.74) is 2.01. The maximum atomic E-state index is 13.5. The average Bonchev–Trinajstić information content (AvgIpc) is 2.88. The van der Waals surface area contributed by atoms with E-state index in [0.29, 0.717) is 36.9 Å². The van der Waals surface area contributed by atoms with Crippen LogP contribution in [0, 0.1) is 12.7 Å². The van der Waals surface area contributed by atoms with E-state index in [-0.39, 0.29) is 17.1 Å². The van der Waals surface area contributed by atoms with Crippen molar-refractivity contribution in [1.82, 2.24) is 14.5 Å². The minimum atomic E-state index is -0.304. The van der Waals surface area contributed by atoms with Gasteiger partial charge in [-0.2, -0.15) is 0 Å². The molecule has 1 aromatic heterocycles. The van der Waals surface area contributed by atoms with Crippen LogP contribution in [-0.4, -0.2) is 41.9 Å². The molecular formula is C27H33FN4O3. The second-order valence-corrected chi connectivity index (χ2v) is 9.05. The van der Waals surface area contributed by atoms with Gasteiger partial charge in [-0.15, -0.1) is 0 Å². The van der Waals surface area contributed by atoms with E-state index in [1.807, 2.05) is 30.3 Å². The summed E-state index contributed by atoms with van der Waals surface area (Å²) in [7, 11) is 1.56. The Labute approximate surface area is 204 Å². The summed E-state index contributed by atoms with van der Waals surface area (Å²) >= 11 is 0. The molecule has 186 valence electrons. The third-order valence-corrected chi connectivity index (χ3v) is 6.57. The van der Waals surface area contributed by atoms with E-state index in [9.17, 15) is 14.0 Å².